The summed E-state index contributed by atoms with van der Waals surface area (Å²) < 4.78 is 12.8. The Hall–Kier alpha value is -2.53. The van der Waals surface area contributed by atoms with E-state index in [2.05, 4.69) is 4.98 Å². The lowest BCUT2D eigenvalue weighted by atomic mass is 10.3. The molecule has 0 radical (unpaired) electrons. The molecule has 0 saturated carbocycles. The van der Waals surface area contributed by atoms with Crippen molar-refractivity contribution in [3.05, 3.63) is 54.9 Å². The molecule has 0 aliphatic heterocycles. The van der Waals surface area contributed by atoms with Gasteiger partial charge in [-0.05, 0) is 24.3 Å². The molecule has 0 amide bonds. The lowest BCUT2D eigenvalue weighted by molar-refractivity contribution is 0.0919. The number of para-hydroxylation sites is 4. The lowest BCUT2D eigenvalue weighted by Crippen LogP contribution is -2.23. The van der Waals surface area contributed by atoms with Gasteiger partial charge in [0.05, 0.1) is 31.0 Å². The minimum Gasteiger partial charge on any atom is -0.493 e. The van der Waals surface area contributed by atoms with Gasteiger partial charge in [0.1, 0.15) is 12.7 Å². The van der Waals surface area contributed by atoms with Crippen LogP contribution in [-0.2, 0) is 6.54 Å². The van der Waals surface area contributed by atoms with Gasteiger partial charge in [0.15, 0.2) is 11.5 Å². The number of hydrogen-bond donors (Lipinski definition) is 1. The van der Waals surface area contributed by atoms with Crippen LogP contribution < -0.4 is 9.47 Å². The van der Waals surface area contributed by atoms with E-state index in [0.29, 0.717) is 18.0 Å². The number of nitrogens with zero attached hydrogens (tertiary/aromatic N) is 2. The molecule has 22 heavy (non-hydrogen) atoms. The smallest absolute Gasteiger partial charge is 0.161 e. The molecule has 3 aromatic rings. The molecule has 1 aromatic heterocycles. The minimum absolute atomic E-state index is 0.187. The van der Waals surface area contributed by atoms with Crippen LogP contribution >= 0.6 is 0 Å². The van der Waals surface area contributed by atoms with Gasteiger partial charge in [0.2, 0.25) is 0 Å². The summed E-state index contributed by atoms with van der Waals surface area (Å²) in [4.78, 5) is 4.31. The number of methoxy groups -OCH3 is 1. The van der Waals surface area contributed by atoms with Crippen molar-refractivity contribution in [2.75, 3.05) is 13.7 Å². The van der Waals surface area contributed by atoms with Crippen LogP contribution in [0, 0.1) is 0 Å². The first-order valence-corrected chi connectivity index (χ1v) is 7.11. The molecule has 5 nitrogen and oxygen atoms in total. The van der Waals surface area contributed by atoms with E-state index in [4.69, 9.17) is 9.47 Å². The standard InChI is InChI=1S/C17H18N2O3/c1-21-16-8-4-5-9-17(16)22-11-13(20)10-19-12-18-14-6-2-3-7-15(14)19/h2-9,12-13,20H,10-11H2,1H3/t13-/m1/s1. The van der Waals surface area contributed by atoms with Crippen LogP contribution in [0.25, 0.3) is 11.0 Å². The quantitative estimate of drug-likeness (QED) is 0.759. The Balaban J connectivity index is 1.64. The molecule has 1 N–H and O–H groups in total. The number of imidazole rings is 1. The fourth-order valence-electron chi connectivity index (χ4n) is 2.36. The van der Waals surface area contributed by atoms with Crippen molar-refractivity contribution < 1.29 is 14.6 Å². The van der Waals surface area contributed by atoms with Gasteiger partial charge in [-0.15, -0.1) is 0 Å². The fraction of sp³-hybridized carbons (Fsp3) is 0.235. The molecule has 5 heteroatoms. The summed E-state index contributed by atoms with van der Waals surface area (Å²) in [7, 11) is 1.59. The van der Waals surface area contributed by atoms with Crippen molar-refractivity contribution in [3.63, 3.8) is 0 Å². The number of aliphatic hydroxyl groups excluding tert-OH is 1. The maximum Gasteiger partial charge on any atom is 0.161 e. The van der Waals surface area contributed by atoms with E-state index in [1.54, 1.807) is 13.4 Å². The number of rotatable bonds is 6. The first kappa shape index (κ1) is 14.4. The summed E-state index contributed by atoms with van der Waals surface area (Å²) in [6, 6.07) is 15.2. The molecule has 1 atom stereocenters. The summed E-state index contributed by atoms with van der Waals surface area (Å²) in [5, 5.41) is 10.2. The van der Waals surface area contributed by atoms with Crippen molar-refractivity contribution in [1.82, 2.24) is 9.55 Å². The first-order chi connectivity index (χ1) is 10.8. The predicted molar refractivity (Wildman–Crippen MR) is 84.2 cm³/mol. The molecule has 1 heterocycles. The topological polar surface area (TPSA) is 56.5 Å². The summed E-state index contributed by atoms with van der Waals surface area (Å²) in [5.74, 6) is 1.28. The fourth-order valence-corrected chi connectivity index (χ4v) is 2.36. The average molecular weight is 298 g/mol. The zero-order valence-electron chi connectivity index (χ0n) is 12.3. The van der Waals surface area contributed by atoms with Crippen LogP contribution in [0.15, 0.2) is 54.9 Å². The highest BCUT2D eigenvalue weighted by molar-refractivity contribution is 5.74. The maximum absolute atomic E-state index is 10.2. The molecule has 114 valence electrons. The summed E-state index contributed by atoms with van der Waals surface area (Å²) in [5.41, 5.74) is 1.92. The van der Waals surface area contributed by atoms with Crippen molar-refractivity contribution in [1.29, 1.82) is 0 Å². The molecule has 0 aliphatic carbocycles. The van der Waals surface area contributed by atoms with E-state index >= 15 is 0 Å². The van der Waals surface area contributed by atoms with Crippen LogP contribution in [0.4, 0.5) is 0 Å². The Kier molecular flexibility index (Phi) is 4.25. The molecule has 0 unspecified atom stereocenters. The van der Waals surface area contributed by atoms with Crippen LogP contribution in [0.5, 0.6) is 11.5 Å². The summed E-state index contributed by atoms with van der Waals surface area (Å²) in [6.45, 7) is 0.614. The van der Waals surface area contributed by atoms with E-state index in [1.807, 2.05) is 53.1 Å². The number of benzene rings is 2. The number of hydrogen-bond acceptors (Lipinski definition) is 4. The third-order valence-corrected chi connectivity index (χ3v) is 3.44. The average Bonchev–Trinajstić information content (AvgIpc) is 2.96. The molecule has 0 bridgehead atoms. The number of ether oxygens (including phenoxy) is 2. The Morgan fingerprint density at radius 3 is 2.64 bits per heavy atom. The molecule has 0 fully saturated rings. The SMILES string of the molecule is COc1ccccc1OC[C@H](O)Cn1cnc2ccccc21. The normalized spacial score (nSPS) is 12.3. The van der Waals surface area contributed by atoms with E-state index in [9.17, 15) is 5.11 Å². The third-order valence-electron chi connectivity index (χ3n) is 3.44. The van der Waals surface area contributed by atoms with E-state index in [1.165, 1.54) is 0 Å². The highest BCUT2D eigenvalue weighted by atomic mass is 16.5. The van der Waals surface area contributed by atoms with Gasteiger partial charge in [-0.3, -0.25) is 0 Å². The van der Waals surface area contributed by atoms with Crippen LogP contribution in [0.1, 0.15) is 0 Å². The van der Waals surface area contributed by atoms with Crippen molar-refractivity contribution >= 4 is 11.0 Å². The van der Waals surface area contributed by atoms with Gasteiger partial charge in [-0.25, -0.2) is 4.98 Å². The van der Waals surface area contributed by atoms with Crippen LogP contribution in [0.3, 0.4) is 0 Å². The van der Waals surface area contributed by atoms with Crippen molar-refractivity contribution in [2.45, 2.75) is 12.6 Å². The zero-order valence-corrected chi connectivity index (χ0v) is 12.3. The van der Waals surface area contributed by atoms with Crippen LogP contribution in [0.2, 0.25) is 0 Å². The van der Waals surface area contributed by atoms with Crippen molar-refractivity contribution in [2.24, 2.45) is 0 Å². The second-order valence-electron chi connectivity index (χ2n) is 5.00. The first-order valence-electron chi connectivity index (χ1n) is 7.11. The number of aromatic nitrogens is 2. The molecule has 0 saturated heterocycles. The highest BCUT2D eigenvalue weighted by Gasteiger charge is 2.11. The summed E-state index contributed by atoms with van der Waals surface area (Å²) >= 11 is 0. The largest absolute Gasteiger partial charge is 0.493 e. The number of aliphatic hydroxyl groups is 1. The Labute approximate surface area is 128 Å². The van der Waals surface area contributed by atoms with Gasteiger partial charge >= 0.3 is 0 Å². The second kappa shape index (κ2) is 6.49. The van der Waals surface area contributed by atoms with Gasteiger partial charge in [0, 0.05) is 0 Å². The molecular formula is C17H18N2O3. The minimum atomic E-state index is -0.637. The molecule has 3 rings (SSSR count). The third kappa shape index (κ3) is 3.04. The molecule has 0 spiro atoms. The molecular weight excluding hydrogens is 280 g/mol. The number of fused-ring (bicyclic) bond motifs is 1. The van der Waals surface area contributed by atoms with Gasteiger partial charge in [-0.2, -0.15) is 0 Å². The van der Waals surface area contributed by atoms with E-state index in [0.717, 1.165) is 11.0 Å². The monoisotopic (exact) mass is 298 g/mol. The Morgan fingerprint density at radius 2 is 1.82 bits per heavy atom. The van der Waals surface area contributed by atoms with E-state index in [-0.39, 0.29) is 6.61 Å². The highest BCUT2D eigenvalue weighted by Crippen LogP contribution is 2.25. The molecule has 2 aromatic carbocycles. The summed E-state index contributed by atoms with van der Waals surface area (Å²) in [6.07, 6.45) is 1.10. The zero-order chi connectivity index (χ0) is 15.4. The van der Waals surface area contributed by atoms with Crippen LogP contribution in [-0.4, -0.2) is 34.5 Å². The Bertz CT molecular complexity index is 754. The second-order valence-corrected chi connectivity index (χ2v) is 5.00. The molecule has 0 aliphatic rings. The Morgan fingerprint density at radius 1 is 1.09 bits per heavy atom. The van der Waals surface area contributed by atoms with E-state index < -0.39 is 6.10 Å². The van der Waals surface area contributed by atoms with Gasteiger partial charge in [0.25, 0.3) is 0 Å². The lowest BCUT2D eigenvalue weighted by Gasteiger charge is -2.15. The predicted octanol–water partition coefficient (Wildman–Crippen LogP) is 2.48. The van der Waals surface area contributed by atoms with Gasteiger partial charge < -0.3 is 19.1 Å². The van der Waals surface area contributed by atoms with Crippen molar-refractivity contribution in [3.8, 4) is 11.5 Å². The van der Waals surface area contributed by atoms with Gasteiger partial charge in [-0.1, -0.05) is 24.3 Å². The maximum atomic E-state index is 10.2.